The lowest BCUT2D eigenvalue weighted by atomic mass is 10.1. The molecule has 0 aromatic rings. The SMILES string of the molecule is O=S(=O)(O)N1CCC(O)CC1. The van der Waals surface area contributed by atoms with Crippen molar-refractivity contribution in [2.75, 3.05) is 13.1 Å². The maximum Gasteiger partial charge on any atom is 0.335 e. The molecule has 1 saturated heterocycles. The normalized spacial score (nSPS) is 23.8. The Balaban J connectivity index is 2.53. The van der Waals surface area contributed by atoms with Crippen LogP contribution in [0.4, 0.5) is 0 Å². The predicted octanol–water partition coefficient (Wildman–Crippen LogP) is -0.754. The van der Waals surface area contributed by atoms with E-state index >= 15 is 0 Å². The molecule has 6 heteroatoms. The maximum absolute atomic E-state index is 10.5. The highest BCUT2D eigenvalue weighted by Gasteiger charge is 2.24. The van der Waals surface area contributed by atoms with E-state index in [2.05, 4.69) is 0 Å². The Hall–Kier alpha value is -0.170. The van der Waals surface area contributed by atoms with Crippen molar-refractivity contribution in [2.45, 2.75) is 18.9 Å². The fourth-order valence-electron chi connectivity index (χ4n) is 1.07. The maximum atomic E-state index is 10.5. The second-order valence-corrected chi connectivity index (χ2v) is 4.02. The minimum atomic E-state index is -4.03. The summed E-state index contributed by atoms with van der Waals surface area (Å²) in [5.41, 5.74) is 0. The smallest absolute Gasteiger partial charge is 0.335 e. The van der Waals surface area contributed by atoms with Crippen molar-refractivity contribution in [1.82, 2.24) is 4.31 Å². The van der Waals surface area contributed by atoms with E-state index in [9.17, 15) is 8.42 Å². The molecule has 0 atom stereocenters. The zero-order valence-electron chi connectivity index (χ0n) is 5.97. The van der Waals surface area contributed by atoms with Crippen LogP contribution in [0.25, 0.3) is 0 Å². The first-order valence-corrected chi connectivity index (χ1v) is 4.80. The Bertz CT molecular complexity index is 217. The molecular weight excluding hydrogens is 170 g/mol. The summed E-state index contributed by atoms with van der Waals surface area (Å²) in [5.74, 6) is 0. The third kappa shape index (κ3) is 2.41. The highest BCUT2D eigenvalue weighted by Crippen LogP contribution is 2.11. The van der Waals surface area contributed by atoms with Crippen molar-refractivity contribution in [3.8, 4) is 0 Å². The summed E-state index contributed by atoms with van der Waals surface area (Å²) in [4.78, 5) is 0. The zero-order chi connectivity index (χ0) is 8.48. The van der Waals surface area contributed by atoms with Gasteiger partial charge in [-0.25, -0.2) is 0 Å². The van der Waals surface area contributed by atoms with Crippen LogP contribution in [0.2, 0.25) is 0 Å². The Morgan fingerprint density at radius 3 is 2.09 bits per heavy atom. The highest BCUT2D eigenvalue weighted by atomic mass is 32.2. The van der Waals surface area contributed by atoms with Crippen LogP contribution in [0, 0.1) is 0 Å². The average molecular weight is 181 g/mol. The number of hydrogen-bond donors (Lipinski definition) is 2. The minimum absolute atomic E-state index is 0.208. The van der Waals surface area contributed by atoms with Crippen LogP contribution < -0.4 is 0 Å². The summed E-state index contributed by atoms with van der Waals surface area (Å²) >= 11 is 0. The number of rotatable bonds is 1. The van der Waals surface area contributed by atoms with E-state index in [4.69, 9.17) is 9.66 Å². The molecule has 0 bridgehead atoms. The first-order valence-electron chi connectivity index (χ1n) is 3.41. The number of hydrogen-bond acceptors (Lipinski definition) is 3. The van der Waals surface area contributed by atoms with Crippen LogP contribution in [-0.2, 0) is 10.3 Å². The molecule has 1 aliphatic heterocycles. The molecule has 11 heavy (non-hydrogen) atoms. The van der Waals surface area contributed by atoms with E-state index in [0.717, 1.165) is 4.31 Å². The molecule has 5 nitrogen and oxygen atoms in total. The summed E-state index contributed by atoms with van der Waals surface area (Å²) in [5, 5.41) is 8.99. The lowest BCUT2D eigenvalue weighted by molar-refractivity contribution is 0.110. The lowest BCUT2D eigenvalue weighted by Gasteiger charge is -2.25. The largest absolute Gasteiger partial charge is 0.393 e. The molecule has 1 aliphatic rings. The molecule has 0 aromatic heterocycles. The standard InChI is InChI=1S/C5H11NO4S/c7-5-1-3-6(4-2-5)11(8,9)10/h5,7H,1-4H2,(H,8,9,10). The zero-order valence-corrected chi connectivity index (χ0v) is 6.79. The predicted molar refractivity (Wildman–Crippen MR) is 38.4 cm³/mol. The molecular formula is C5H11NO4S. The Kier molecular flexibility index (Phi) is 2.48. The quantitative estimate of drug-likeness (QED) is 0.521. The Morgan fingerprint density at radius 2 is 1.73 bits per heavy atom. The summed E-state index contributed by atoms with van der Waals surface area (Å²) in [6.07, 6.45) is 0.382. The molecule has 2 N–H and O–H groups in total. The molecule has 1 rings (SSSR count). The second-order valence-electron chi connectivity index (χ2n) is 2.61. The van der Waals surface area contributed by atoms with Crippen molar-refractivity contribution < 1.29 is 18.1 Å². The average Bonchev–Trinajstić information content (AvgIpc) is 1.86. The van der Waals surface area contributed by atoms with E-state index < -0.39 is 16.4 Å². The Morgan fingerprint density at radius 1 is 1.27 bits per heavy atom. The van der Waals surface area contributed by atoms with Gasteiger partial charge < -0.3 is 5.11 Å². The summed E-state index contributed by atoms with van der Waals surface area (Å²) in [6.45, 7) is 0.417. The van der Waals surface area contributed by atoms with Crippen LogP contribution in [0.3, 0.4) is 0 Å². The molecule has 0 unspecified atom stereocenters. The van der Waals surface area contributed by atoms with Crippen molar-refractivity contribution >= 4 is 10.3 Å². The number of aliphatic hydroxyl groups excluding tert-OH is 1. The van der Waals surface area contributed by atoms with E-state index in [1.807, 2.05) is 0 Å². The summed E-state index contributed by atoms with van der Waals surface area (Å²) in [7, 11) is -4.03. The van der Waals surface area contributed by atoms with Gasteiger partial charge in [-0.1, -0.05) is 0 Å². The van der Waals surface area contributed by atoms with Gasteiger partial charge in [-0.05, 0) is 12.8 Å². The molecule has 0 aliphatic carbocycles. The molecule has 66 valence electrons. The van der Waals surface area contributed by atoms with Crippen molar-refractivity contribution in [2.24, 2.45) is 0 Å². The summed E-state index contributed by atoms with van der Waals surface area (Å²) < 4.78 is 30.5. The minimum Gasteiger partial charge on any atom is -0.393 e. The van der Waals surface area contributed by atoms with E-state index in [0.29, 0.717) is 12.8 Å². The topological polar surface area (TPSA) is 77.8 Å². The van der Waals surface area contributed by atoms with E-state index in [1.165, 1.54) is 0 Å². The van der Waals surface area contributed by atoms with E-state index in [1.54, 1.807) is 0 Å². The van der Waals surface area contributed by atoms with Crippen molar-refractivity contribution in [3.63, 3.8) is 0 Å². The second kappa shape index (κ2) is 3.06. The van der Waals surface area contributed by atoms with E-state index in [-0.39, 0.29) is 13.1 Å². The summed E-state index contributed by atoms with van der Waals surface area (Å²) in [6, 6.07) is 0. The molecule has 0 radical (unpaired) electrons. The van der Waals surface area contributed by atoms with Crippen LogP contribution in [0.15, 0.2) is 0 Å². The van der Waals surface area contributed by atoms with Gasteiger partial charge in [-0.15, -0.1) is 0 Å². The van der Waals surface area contributed by atoms with Gasteiger partial charge in [0.05, 0.1) is 6.10 Å². The van der Waals surface area contributed by atoms with Crippen LogP contribution >= 0.6 is 0 Å². The number of piperidine rings is 1. The first kappa shape index (κ1) is 8.92. The highest BCUT2D eigenvalue weighted by molar-refractivity contribution is 7.83. The van der Waals surface area contributed by atoms with Crippen molar-refractivity contribution in [1.29, 1.82) is 0 Å². The van der Waals surface area contributed by atoms with Gasteiger partial charge in [0.2, 0.25) is 0 Å². The lowest BCUT2D eigenvalue weighted by Crippen LogP contribution is -2.39. The van der Waals surface area contributed by atoms with Crippen LogP contribution in [-0.4, -0.2) is 41.6 Å². The monoisotopic (exact) mass is 181 g/mol. The van der Waals surface area contributed by atoms with Gasteiger partial charge in [0.1, 0.15) is 0 Å². The Labute approximate surface area is 65.5 Å². The third-order valence-corrected chi connectivity index (χ3v) is 2.77. The molecule has 1 fully saturated rings. The van der Waals surface area contributed by atoms with Gasteiger partial charge in [-0.2, -0.15) is 12.7 Å². The number of aliphatic hydroxyl groups is 1. The molecule has 1 heterocycles. The van der Waals surface area contributed by atoms with Crippen LogP contribution in [0.5, 0.6) is 0 Å². The molecule has 0 spiro atoms. The fraction of sp³-hybridized carbons (Fsp3) is 1.00. The number of nitrogens with zero attached hydrogens (tertiary/aromatic N) is 1. The molecule has 0 saturated carbocycles. The molecule has 0 aromatic carbocycles. The van der Waals surface area contributed by atoms with Gasteiger partial charge in [0, 0.05) is 13.1 Å². The fourth-order valence-corrected chi connectivity index (χ4v) is 1.75. The van der Waals surface area contributed by atoms with Crippen molar-refractivity contribution in [3.05, 3.63) is 0 Å². The van der Waals surface area contributed by atoms with Gasteiger partial charge in [0.25, 0.3) is 0 Å². The van der Waals surface area contributed by atoms with Crippen LogP contribution in [0.1, 0.15) is 12.8 Å². The third-order valence-electron chi connectivity index (χ3n) is 1.75. The van der Waals surface area contributed by atoms with Gasteiger partial charge in [-0.3, -0.25) is 4.55 Å². The molecule has 0 amide bonds. The first-order chi connectivity index (χ1) is 5.00. The van der Waals surface area contributed by atoms with Gasteiger partial charge in [0.15, 0.2) is 0 Å². The van der Waals surface area contributed by atoms with Gasteiger partial charge >= 0.3 is 10.3 Å².